The summed E-state index contributed by atoms with van der Waals surface area (Å²) in [4.78, 5) is 10.4. The number of rotatable bonds is 7. The highest BCUT2D eigenvalue weighted by molar-refractivity contribution is 5.66. The van der Waals surface area contributed by atoms with E-state index < -0.39 is 5.97 Å². The highest BCUT2D eigenvalue weighted by Gasteiger charge is 2.18. The van der Waals surface area contributed by atoms with Crippen LogP contribution in [0.15, 0.2) is 0 Å². The van der Waals surface area contributed by atoms with Crippen LogP contribution >= 0.6 is 0 Å². The van der Waals surface area contributed by atoms with Crippen LogP contribution < -0.4 is 5.32 Å². The van der Waals surface area contributed by atoms with Crippen LogP contribution in [0.4, 0.5) is 0 Å². The van der Waals surface area contributed by atoms with Crippen LogP contribution in [0.1, 0.15) is 58.8 Å². The predicted octanol–water partition coefficient (Wildman–Crippen LogP) is 3.05. The minimum absolute atomic E-state index is 0.307. The van der Waals surface area contributed by atoms with E-state index in [1.807, 2.05) is 0 Å². The average molecular weight is 241 g/mol. The van der Waals surface area contributed by atoms with Gasteiger partial charge >= 0.3 is 5.97 Å². The Balaban J connectivity index is 2.04. The Bertz CT molecular complexity index is 230. The molecule has 17 heavy (non-hydrogen) atoms. The third kappa shape index (κ3) is 6.67. The summed E-state index contributed by atoms with van der Waals surface area (Å²) < 4.78 is 0. The lowest BCUT2D eigenvalue weighted by atomic mass is 9.87. The van der Waals surface area contributed by atoms with Gasteiger partial charge in [-0.25, -0.2) is 0 Å². The van der Waals surface area contributed by atoms with Gasteiger partial charge < -0.3 is 10.4 Å². The van der Waals surface area contributed by atoms with Gasteiger partial charge in [-0.05, 0) is 44.1 Å². The molecule has 0 spiro atoms. The number of hydrogen-bond acceptors (Lipinski definition) is 2. The molecule has 2 N–H and O–H groups in total. The molecular weight excluding hydrogens is 214 g/mol. The van der Waals surface area contributed by atoms with Crippen molar-refractivity contribution < 1.29 is 9.90 Å². The van der Waals surface area contributed by atoms with E-state index in [0.717, 1.165) is 25.3 Å². The molecule has 0 aromatic heterocycles. The second kappa shape index (κ2) is 7.70. The molecule has 1 fully saturated rings. The van der Waals surface area contributed by atoms with E-state index in [2.05, 4.69) is 19.2 Å². The van der Waals surface area contributed by atoms with Crippen molar-refractivity contribution in [3.05, 3.63) is 0 Å². The first-order chi connectivity index (χ1) is 8.08. The van der Waals surface area contributed by atoms with Crippen LogP contribution in [0, 0.1) is 11.8 Å². The maximum Gasteiger partial charge on any atom is 0.303 e. The van der Waals surface area contributed by atoms with Crippen molar-refractivity contribution >= 4 is 5.97 Å². The maximum atomic E-state index is 10.4. The number of hydrogen-bond donors (Lipinski definition) is 2. The Morgan fingerprint density at radius 1 is 1.41 bits per heavy atom. The van der Waals surface area contributed by atoms with Crippen molar-refractivity contribution in [2.45, 2.75) is 64.8 Å². The summed E-state index contributed by atoms with van der Waals surface area (Å²) in [5.74, 6) is 0.705. The Morgan fingerprint density at radius 2 is 2.18 bits per heavy atom. The van der Waals surface area contributed by atoms with Crippen LogP contribution in [-0.4, -0.2) is 23.7 Å². The van der Waals surface area contributed by atoms with Gasteiger partial charge in [-0.3, -0.25) is 4.79 Å². The van der Waals surface area contributed by atoms with Crippen LogP contribution in [0.25, 0.3) is 0 Å². The summed E-state index contributed by atoms with van der Waals surface area (Å²) in [5.41, 5.74) is 0. The molecule has 3 unspecified atom stereocenters. The molecule has 0 aromatic carbocycles. The molecule has 0 heterocycles. The summed E-state index contributed by atoms with van der Waals surface area (Å²) >= 11 is 0. The van der Waals surface area contributed by atoms with E-state index in [4.69, 9.17) is 5.11 Å². The van der Waals surface area contributed by atoms with Crippen molar-refractivity contribution in [3.8, 4) is 0 Å². The second-order valence-corrected chi connectivity index (χ2v) is 5.75. The van der Waals surface area contributed by atoms with Crippen molar-refractivity contribution in [3.63, 3.8) is 0 Å². The van der Waals surface area contributed by atoms with Gasteiger partial charge in [0.2, 0.25) is 0 Å². The van der Waals surface area contributed by atoms with E-state index in [1.54, 1.807) is 0 Å². The lowest BCUT2D eigenvalue weighted by Gasteiger charge is -2.28. The molecule has 3 nitrogen and oxygen atoms in total. The molecule has 3 atom stereocenters. The highest BCUT2D eigenvalue weighted by atomic mass is 16.4. The van der Waals surface area contributed by atoms with Crippen molar-refractivity contribution in [1.82, 2.24) is 5.32 Å². The SMILES string of the molecule is CC(CCNC1CCCC(C)C1)CCC(=O)O. The first-order valence-electron chi connectivity index (χ1n) is 7.03. The van der Waals surface area contributed by atoms with E-state index in [-0.39, 0.29) is 0 Å². The normalized spacial score (nSPS) is 26.7. The molecule has 0 aliphatic heterocycles. The summed E-state index contributed by atoms with van der Waals surface area (Å²) in [7, 11) is 0. The van der Waals surface area contributed by atoms with Gasteiger partial charge in [0.25, 0.3) is 0 Å². The third-order valence-corrected chi connectivity index (χ3v) is 3.86. The van der Waals surface area contributed by atoms with Crippen LogP contribution in [0.5, 0.6) is 0 Å². The molecule has 1 aliphatic rings. The lowest BCUT2D eigenvalue weighted by molar-refractivity contribution is -0.137. The van der Waals surface area contributed by atoms with Gasteiger partial charge in [0, 0.05) is 12.5 Å². The smallest absolute Gasteiger partial charge is 0.303 e. The number of aliphatic carboxylic acids is 1. The molecule has 0 amide bonds. The summed E-state index contributed by atoms with van der Waals surface area (Å²) in [6.45, 7) is 5.52. The molecule has 1 saturated carbocycles. The standard InChI is InChI=1S/C14H27NO2/c1-11(6-7-14(16)17)8-9-15-13-5-3-4-12(2)10-13/h11-13,15H,3-10H2,1-2H3,(H,16,17). The Hall–Kier alpha value is -0.570. The van der Waals surface area contributed by atoms with Crippen molar-refractivity contribution in [2.24, 2.45) is 11.8 Å². The fourth-order valence-corrected chi connectivity index (χ4v) is 2.67. The third-order valence-electron chi connectivity index (χ3n) is 3.86. The summed E-state index contributed by atoms with van der Waals surface area (Å²) in [6, 6.07) is 0.699. The molecule has 1 rings (SSSR count). The number of carboxylic acid groups (broad SMARTS) is 1. The Labute approximate surface area is 105 Å². The topological polar surface area (TPSA) is 49.3 Å². The van der Waals surface area contributed by atoms with Crippen LogP contribution in [0.3, 0.4) is 0 Å². The number of carbonyl (C=O) groups is 1. The van der Waals surface area contributed by atoms with E-state index in [1.165, 1.54) is 25.7 Å². The highest BCUT2D eigenvalue weighted by Crippen LogP contribution is 2.23. The Kier molecular flexibility index (Phi) is 6.56. The van der Waals surface area contributed by atoms with Gasteiger partial charge in [-0.2, -0.15) is 0 Å². The van der Waals surface area contributed by atoms with Gasteiger partial charge in [0.05, 0.1) is 0 Å². The first kappa shape index (κ1) is 14.5. The van der Waals surface area contributed by atoms with E-state index in [0.29, 0.717) is 18.4 Å². The van der Waals surface area contributed by atoms with Gasteiger partial charge in [0.15, 0.2) is 0 Å². The minimum Gasteiger partial charge on any atom is -0.481 e. The van der Waals surface area contributed by atoms with Crippen LogP contribution in [0.2, 0.25) is 0 Å². The molecular formula is C14H27NO2. The van der Waals surface area contributed by atoms with Gasteiger partial charge in [0.1, 0.15) is 0 Å². The summed E-state index contributed by atoms with van der Waals surface area (Å²) in [5, 5.41) is 12.2. The van der Waals surface area contributed by atoms with Crippen molar-refractivity contribution in [1.29, 1.82) is 0 Å². The fraction of sp³-hybridized carbons (Fsp3) is 0.929. The first-order valence-corrected chi connectivity index (χ1v) is 7.03. The van der Waals surface area contributed by atoms with Gasteiger partial charge in [-0.15, -0.1) is 0 Å². The van der Waals surface area contributed by atoms with Crippen LogP contribution in [-0.2, 0) is 4.79 Å². The molecule has 0 bridgehead atoms. The monoisotopic (exact) mass is 241 g/mol. The maximum absolute atomic E-state index is 10.4. The fourth-order valence-electron chi connectivity index (χ4n) is 2.67. The quantitative estimate of drug-likeness (QED) is 0.720. The zero-order chi connectivity index (χ0) is 12.7. The molecule has 0 aromatic rings. The largest absolute Gasteiger partial charge is 0.481 e. The minimum atomic E-state index is -0.675. The average Bonchev–Trinajstić information content (AvgIpc) is 2.26. The molecule has 0 radical (unpaired) electrons. The van der Waals surface area contributed by atoms with E-state index in [9.17, 15) is 4.79 Å². The molecule has 3 heteroatoms. The zero-order valence-electron chi connectivity index (χ0n) is 11.2. The summed E-state index contributed by atoms with van der Waals surface area (Å²) in [6.07, 6.45) is 7.57. The molecule has 0 saturated heterocycles. The zero-order valence-corrected chi connectivity index (χ0v) is 11.2. The lowest BCUT2D eigenvalue weighted by Crippen LogP contribution is -2.34. The second-order valence-electron chi connectivity index (χ2n) is 5.75. The number of nitrogens with one attached hydrogen (secondary N) is 1. The Morgan fingerprint density at radius 3 is 2.82 bits per heavy atom. The van der Waals surface area contributed by atoms with Gasteiger partial charge in [-0.1, -0.05) is 26.7 Å². The predicted molar refractivity (Wildman–Crippen MR) is 70.1 cm³/mol. The van der Waals surface area contributed by atoms with Crippen molar-refractivity contribution in [2.75, 3.05) is 6.54 Å². The number of carboxylic acids is 1. The molecule has 100 valence electrons. The van der Waals surface area contributed by atoms with E-state index >= 15 is 0 Å². The molecule has 1 aliphatic carbocycles.